The van der Waals surface area contributed by atoms with Gasteiger partial charge in [0.1, 0.15) is 5.58 Å². The van der Waals surface area contributed by atoms with E-state index in [4.69, 9.17) is 9.15 Å². The monoisotopic (exact) mass is 268 g/mol. The van der Waals surface area contributed by atoms with E-state index in [1.165, 1.54) is 6.07 Å². The van der Waals surface area contributed by atoms with Gasteiger partial charge in [0, 0.05) is 23.0 Å². The van der Waals surface area contributed by atoms with E-state index in [9.17, 15) is 4.79 Å². The zero-order chi connectivity index (χ0) is 10.8. The highest BCUT2D eigenvalue weighted by atomic mass is 79.9. The van der Waals surface area contributed by atoms with Gasteiger partial charge in [0.05, 0.1) is 6.61 Å². The Bertz CT molecular complexity index is 545. The van der Waals surface area contributed by atoms with Crippen LogP contribution in [-0.4, -0.2) is 7.11 Å². The first-order valence-electron chi connectivity index (χ1n) is 4.42. The molecule has 0 bridgehead atoms. The Labute approximate surface area is 94.8 Å². The number of methoxy groups -OCH3 is 1. The van der Waals surface area contributed by atoms with Crippen molar-refractivity contribution >= 4 is 26.9 Å². The molecular formula is C11H9BrO3. The molecule has 0 fully saturated rings. The van der Waals surface area contributed by atoms with Crippen molar-refractivity contribution in [1.29, 1.82) is 0 Å². The minimum Gasteiger partial charge on any atom is -0.423 e. The molecule has 0 aliphatic rings. The van der Waals surface area contributed by atoms with Crippen LogP contribution in [0.1, 0.15) is 5.56 Å². The third-order valence-corrected chi connectivity index (χ3v) is 2.59. The highest BCUT2D eigenvalue weighted by molar-refractivity contribution is 9.10. The van der Waals surface area contributed by atoms with Crippen molar-refractivity contribution in [3.63, 3.8) is 0 Å². The predicted molar refractivity (Wildman–Crippen MR) is 60.9 cm³/mol. The van der Waals surface area contributed by atoms with Crippen LogP contribution in [0.2, 0.25) is 0 Å². The van der Waals surface area contributed by atoms with Crippen molar-refractivity contribution in [3.05, 3.63) is 44.7 Å². The Morgan fingerprint density at radius 3 is 2.93 bits per heavy atom. The van der Waals surface area contributed by atoms with Gasteiger partial charge in [-0.15, -0.1) is 0 Å². The van der Waals surface area contributed by atoms with E-state index >= 15 is 0 Å². The van der Waals surface area contributed by atoms with Gasteiger partial charge < -0.3 is 9.15 Å². The van der Waals surface area contributed by atoms with Crippen molar-refractivity contribution < 1.29 is 9.15 Å². The van der Waals surface area contributed by atoms with E-state index < -0.39 is 0 Å². The molecule has 0 N–H and O–H groups in total. The molecule has 4 heteroatoms. The molecule has 0 radical (unpaired) electrons. The number of hydrogen-bond acceptors (Lipinski definition) is 3. The highest BCUT2D eigenvalue weighted by Crippen LogP contribution is 2.21. The first-order chi connectivity index (χ1) is 7.20. The van der Waals surface area contributed by atoms with Gasteiger partial charge in [-0.2, -0.15) is 0 Å². The molecule has 15 heavy (non-hydrogen) atoms. The lowest BCUT2D eigenvalue weighted by molar-refractivity contribution is 0.185. The van der Waals surface area contributed by atoms with Gasteiger partial charge in [-0.1, -0.05) is 15.9 Å². The quantitative estimate of drug-likeness (QED) is 0.787. The molecule has 78 valence electrons. The Balaban J connectivity index is 2.74. The van der Waals surface area contributed by atoms with Crippen LogP contribution in [0.4, 0.5) is 0 Å². The smallest absolute Gasteiger partial charge is 0.336 e. The van der Waals surface area contributed by atoms with Gasteiger partial charge in [0.15, 0.2) is 0 Å². The maximum atomic E-state index is 11.3. The summed E-state index contributed by atoms with van der Waals surface area (Å²) in [7, 11) is 1.60. The number of benzene rings is 1. The lowest BCUT2D eigenvalue weighted by Crippen LogP contribution is -2.01. The predicted octanol–water partition coefficient (Wildman–Crippen LogP) is 2.70. The molecular weight excluding hydrogens is 260 g/mol. The molecule has 1 aromatic carbocycles. The minimum atomic E-state index is -0.354. The second kappa shape index (κ2) is 4.16. The first-order valence-corrected chi connectivity index (χ1v) is 5.21. The molecule has 0 aliphatic heterocycles. The summed E-state index contributed by atoms with van der Waals surface area (Å²) in [5.41, 5.74) is 1.06. The van der Waals surface area contributed by atoms with Gasteiger partial charge in [0.2, 0.25) is 0 Å². The van der Waals surface area contributed by atoms with Crippen LogP contribution >= 0.6 is 15.9 Å². The lowest BCUT2D eigenvalue weighted by atomic mass is 10.1. The topological polar surface area (TPSA) is 39.4 Å². The fourth-order valence-corrected chi connectivity index (χ4v) is 1.82. The van der Waals surface area contributed by atoms with E-state index in [0.29, 0.717) is 12.2 Å². The molecule has 0 unspecified atom stereocenters. The number of ether oxygens (including phenoxy) is 1. The van der Waals surface area contributed by atoms with Crippen LogP contribution in [0, 0.1) is 0 Å². The van der Waals surface area contributed by atoms with Crippen molar-refractivity contribution in [1.82, 2.24) is 0 Å². The maximum absolute atomic E-state index is 11.3. The highest BCUT2D eigenvalue weighted by Gasteiger charge is 2.05. The fraction of sp³-hybridized carbons (Fsp3) is 0.182. The molecule has 0 amide bonds. The molecule has 2 aromatic rings. The van der Waals surface area contributed by atoms with Crippen molar-refractivity contribution in [2.75, 3.05) is 7.11 Å². The average molecular weight is 269 g/mol. The van der Waals surface area contributed by atoms with E-state index in [1.54, 1.807) is 13.2 Å². The maximum Gasteiger partial charge on any atom is 0.336 e. The summed E-state index contributed by atoms with van der Waals surface area (Å²) in [6, 6.07) is 7.04. The third-order valence-electron chi connectivity index (χ3n) is 2.09. The van der Waals surface area contributed by atoms with Crippen LogP contribution in [-0.2, 0) is 11.3 Å². The zero-order valence-electron chi connectivity index (χ0n) is 8.12. The van der Waals surface area contributed by atoms with Crippen LogP contribution in [0.25, 0.3) is 11.0 Å². The van der Waals surface area contributed by atoms with Crippen molar-refractivity contribution in [2.45, 2.75) is 6.61 Å². The summed E-state index contributed by atoms with van der Waals surface area (Å²) in [6.45, 7) is 0.406. The third kappa shape index (κ3) is 2.11. The summed E-state index contributed by atoms with van der Waals surface area (Å²) >= 11 is 3.33. The van der Waals surface area contributed by atoms with Crippen LogP contribution in [0.5, 0.6) is 0 Å². The minimum absolute atomic E-state index is 0.354. The second-order valence-corrected chi connectivity index (χ2v) is 4.08. The fourth-order valence-electron chi connectivity index (χ4n) is 1.48. The standard InChI is InChI=1S/C11H9BrO3/c1-14-6-7-4-11(13)15-10-5-8(12)2-3-9(7)10/h2-5H,6H2,1H3. The van der Waals surface area contributed by atoms with Crippen molar-refractivity contribution in [3.8, 4) is 0 Å². The number of rotatable bonds is 2. The Morgan fingerprint density at radius 2 is 2.20 bits per heavy atom. The lowest BCUT2D eigenvalue weighted by Gasteiger charge is -2.03. The number of fused-ring (bicyclic) bond motifs is 1. The molecule has 0 saturated carbocycles. The second-order valence-electron chi connectivity index (χ2n) is 3.16. The summed E-state index contributed by atoms with van der Waals surface area (Å²) in [6.07, 6.45) is 0. The van der Waals surface area contributed by atoms with Gasteiger partial charge in [0.25, 0.3) is 0 Å². The number of halogens is 1. The molecule has 3 nitrogen and oxygen atoms in total. The molecule has 2 rings (SSSR count). The molecule has 0 aliphatic carbocycles. The van der Waals surface area contributed by atoms with Crippen LogP contribution in [0.15, 0.2) is 37.9 Å². The first kappa shape index (κ1) is 10.4. The summed E-state index contributed by atoms with van der Waals surface area (Å²) in [5.74, 6) is 0. The SMILES string of the molecule is COCc1cc(=O)oc2cc(Br)ccc12. The van der Waals surface area contributed by atoms with Gasteiger partial charge in [-0.05, 0) is 23.8 Å². The van der Waals surface area contributed by atoms with Gasteiger partial charge in [-0.3, -0.25) is 0 Å². The van der Waals surface area contributed by atoms with E-state index in [0.717, 1.165) is 15.4 Å². The Kier molecular flexibility index (Phi) is 2.88. The molecule has 1 aromatic heterocycles. The van der Waals surface area contributed by atoms with E-state index in [2.05, 4.69) is 15.9 Å². The van der Waals surface area contributed by atoms with Crippen molar-refractivity contribution in [2.24, 2.45) is 0 Å². The van der Waals surface area contributed by atoms with Gasteiger partial charge in [-0.25, -0.2) is 4.79 Å². The summed E-state index contributed by atoms with van der Waals surface area (Å²) < 4.78 is 11.0. The van der Waals surface area contributed by atoms with Gasteiger partial charge >= 0.3 is 5.63 Å². The van der Waals surface area contributed by atoms with E-state index in [-0.39, 0.29) is 5.63 Å². The Morgan fingerprint density at radius 1 is 1.40 bits per heavy atom. The summed E-state index contributed by atoms with van der Waals surface area (Å²) in [4.78, 5) is 11.3. The molecule has 0 saturated heterocycles. The number of hydrogen-bond donors (Lipinski definition) is 0. The average Bonchev–Trinajstić information content (AvgIpc) is 2.17. The van der Waals surface area contributed by atoms with Crippen LogP contribution < -0.4 is 5.63 Å². The van der Waals surface area contributed by atoms with E-state index in [1.807, 2.05) is 12.1 Å². The summed E-state index contributed by atoms with van der Waals surface area (Å²) in [5, 5.41) is 0.902. The Hall–Kier alpha value is -1.13. The molecule has 0 atom stereocenters. The molecule has 0 spiro atoms. The largest absolute Gasteiger partial charge is 0.423 e. The normalized spacial score (nSPS) is 10.8. The zero-order valence-corrected chi connectivity index (χ0v) is 9.71. The van der Waals surface area contributed by atoms with Crippen LogP contribution in [0.3, 0.4) is 0 Å². The molecule has 1 heterocycles.